The molecule has 9 aromatic rings. The number of hydrogen-bond donors (Lipinski definition) is 0. The maximum Gasteiger partial charge on any atom is 0.164 e. The Labute approximate surface area is 304 Å². The van der Waals surface area contributed by atoms with Crippen LogP contribution in [0.1, 0.15) is 24.2 Å². The molecule has 2 atom stereocenters. The second-order valence-electron chi connectivity index (χ2n) is 13.8. The van der Waals surface area contributed by atoms with Crippen LogP contribution in [-0.2, 0) is 0 Å². The largest absolute Gasteiger partial charge is 0.460 e. The van der Waals surface area contributed by atoms with Crippen LogP contribution in [0.5, 0.6) is 0 Å². The summed E-state index contributed by atoms with van der Waals surface area (Å²) in [6.07, 6.45) is 8.35. The summed E-state index contributed by atoms with van der Waals surface area (Å²) in [5.41, 5.74) is 9.68. The molecule has 6 nitrogen and oxygen atoms in total. The number of dihydropyridines is 1. The number of benzene rings is 6. The molecule has 6 aromatic carbocycles. The van der Waals surface area contributed by atoms with Crippen LogP contribution in [0.3, 0.4) is 0 Å². The topological polar surface area (TPSA) is 77.3 Å². The minimum atomic E-state index is 0.181. The first-order valence-corrected chi connectivity index (χ1v) is 17.9. The Hall–Kier alpha value is -6.92. The first-order valence-electron chi connectivity index (χ1n) is 17.9. The first-order chi connectivity index (χ1) is 26.2. The zero-order chi connectivity index (χ0) is 35.0. The molecule has 250 valence electrons. The van der Waals surface area contributed by atoms with E-state index in [1.165, 1.54) is 0 Å². The third kappa shape index (κ3) is 4.59. The van der Waals surface area contributed by atoms with E-state index in [4.69, 9.17) is 28.8 Å². The zero-order valence-electron chi connectivity index (χ0n) is 28.7. The average molecular weight is 683 g/mol. The van der Waals surface area contributed by atoms with Gasteiger partial charge >= 0.3 is 0 Å². The second-order valence-corrected chi connectivity index (χ2v) is 13.8. The molecule has 0 amide bonds. The van der Waals surface area contributed by atoms with Crippen LogP contribution >= 0.6 is 0 Å². The van der Waals surface area contributed by atoms with E-state index in [1.54, 1.807) is 0 Å². The standard InChI is InChI=1S/C47H30N4O2/c1-27-29-21-11-25-48-38(29)26-37-42-33(18-9-24-41(42)53-44(27)37)31-16-7-17-32-30(31)15-8-19-34(32)46-49-45(28-12-3-2-4-13-28)50-47(51-46)36-20-10-23-40-43(36)35-14-5-6-22-39(35)52-40/h2-27,29H,1H3. The fourth-order valence-corrected chi connectivity index (χ4v) is 8.28. The Morgan fingerprint density at radius 2 is 1.13 bits per heavy atom. The number of nitrogens with zero attached hydrogens (tertiary/aromatic N) is 4. The number of aliphatic imine (C=N–C) groups is 1. The van der Waals surface area contributed by atoms with Crippen LogP contribution in [-0.4, -0.2) is 21.2 Å². The van der Waals surface area contributed by atoms with Crippen molar-refractivity contribution in [1.29, 1.82) is 0 Å². The SMILES string of the molecule is CC1c2oc3cccc(-c4cccc5c(-c6nc(-c7ccccc7)nc(-c7cccc8oc9ccccc9c78)n6)cccc45)c3c2C=C2N=CC=CC21. The summed E-state index contributed by atoms with van der Waals surface area (Å²) in [5, 5.41) is 5.28. The molecule has 1 aliphatic heterocycles. The molecule has 6 heteroatoms. The van der Waals surface area contributed by atoms with Crippen LogP contribution < -0.4 is 0 Å². The molecule has 11 rings (SSSR count). The van der Waals surface area contributed by atoms with Crippen LogP contribution in [0.15, 0.2) is 159 Å². The number of allylic oxidation sites excluding steroid dienone is 2. The fraction of sp³-hybridized carbons (Fsp3) is 0.0638. The maximum absolute atomic E-state index is 6.62. The minimum absolute atomic E-state index is 0.181. The lowest BCUT2D eigenvalue weighted by atomic mass is 9.80. The molecule has 53 heavy (non-hydrogen) atoms. The summed E-state index contributed by atoms with van der Waals surface area (Å²) < 4.78 is 12.9. The van der Waals surface area contributed by atoms with Crippen molar-refractivity contribution in [3.8, 4) is 45.3 Å². The van der Waals surface area contributed by atoms with Gasteiger partial charge in [-0.1, -0.05) is 122 Å². The number of para-hydroxylation sites is 1. The molecular formula is C47H30N4O2. The Balaban J connectivity index is 1.13. The predicted molar refractivity (Wildman–Crippen MR) is 214 cm³/mol. The molecule has 1 aliphatic carbocycles. The lowest BCUT2D eigenvalue weighted by Gasteiger charge is -2.26. The number of furan rings is 2. The van der Waals surface area contributed by atoms with Crippen molar-refractivity contribution >= 4 is 56.0 Å². The van der Waals surface area contributed by atoms with E-state index in [1.807, 2.05) is 73.0 Å². The van der Waals surface area contributed by atoms with Gasteiger partial charge in [-0.15, -0.1) is 0 Å². The Morgan fingerprint density at radius 3 is 1.98 bits per heavy atom. The van der Waals surface area contributed by atoms with E-state index >= 15 is 0 Å². The Bertz CT molecular complexity index is 3040. The molecule has 4 heterocycles. The highest BCUT2D eigenvalue weighted by Gasteiger charge is 2.33. The highest BCUT2D eigenvalue weighted by atomic mass is 16.3. The summed E-state index contributed by atoms with van der Waals surface area (Å²) in [5.74, 6) is 3.21. The molecular weight excluding hydrogens is 653 g/mol. The molecule has 2 unspecified atom stereocenters. The predicted octanol–water partition coefficient (Wildman–Crippen LogP) is 12.1. The van der Waals surface area contributed by atoms with E-state index in [0.29, 0.717) is 17.5 Å². The third-order valence-corrected chi connectivity index (χ3v) is 10.8. The summed E-state index contributed by atoms with van der Waals surface area (Å²) in [7, 11) is 0. The molecule has 0 saturated carbocycles. The normalized spacial score (nSPS) is 16.4. The van der Waals surface area contributed by atoms with Gasteiger partial charge in [-0.2, -0.15) is 0 Å². The summed E-state index contributed by atoms with van der Waals surface area (Å²) in [6, 6.07) is 43.5. The monoisotopic (exact) mass is 682 g/mol. The van der Waals surface area contributed by atoms with Crippen molar-refractivity contribution in [3.63, 3.8) is 0 Å². The van der Waals surface area contributed by atoms with Crippen LogP contribution in [0.2, 0.25) is 0 Å². The van der Waals surface area contributed by atoms with E-state index in [9.17, 15) is 0 Å². The van der Waals surface area contributed by atoms with Crippen molar-refractivity contribution in [1.82, 2.24) is 15.0 Å². The molecule has 0 fully saturated rings. The van der Waals surface area contributed by atoms with Gasteiger partial charge in [0.1, 0.15) is 22.5 Å². The highest BCUT2D eigenvalue weighted by Crippen LogP contribution is 2.48. The summed E-state index contributed by atoms with van der Waals surface area (Å²) in [6.45, 7) is 2.23. The van der Waals surface area contributed by atoms with Crippen LogP contribution in [0.25, 0.3) is 95.0 Å². The maximum atomic E-state index is 6.62. The number of rotatable bonds is 4. The van der Waals surface area contributed by atoms with Gasteiger partial charge in [0.05, 0.1) is 0 Å². The van der Waals surface area contributed by atoms with Gasteiger partial charge in [-0.3, -0.25) is 4.99 Å². The van der Waals surface area contributed by atoms with Crippen molar-refractivity contribution in [2.45, 2.75) is 12.8 Å². The van der Waals surface area contributed by atoms with E-state index < -0.39 is 0 Å². The summed E-state index contributed by atoms with van der Waals surface area (Å²) in [4.78, 5) is 20.2. The zero-order valence-corrected chi connectivity index (χ0v) is 28.7. The van der Waals surface area contributed by atoms with E-state index in [2.05, 4.69) is 85.8 Å². The van der Waals surface area contributed by atoms with Gasteiger partial charge in [-0.25, -0.2) is 15.0 Å². The number of aromatic nitrogens is 3. The van der Waals surface area contributed by atoms with Gasteiger partial charge in [0.2, 0.25) is 0 Å². The van der Waals surface area contributed by atoms with Gasteiger partial charge in [0.15, 0.2) is 17.5 Å². The van der Waals surface area contributed by atoms with Crippen LogP contribution in [0, 0.1) is 5.92 Å². The smallest absolute Gasteiger partial charge is 0.164 e. The lowest BCUT2D eigenvalue weighted by Crippen LogP contribution is -2.15. The number of fused-ring (bicyclic) bond motifs is 8. The Morgan fingerprint density at radius 1 is 0.509 bits per heavy atom. The van der Waals surface area contributed by atoms with Gasteiger partial charge in [-0.05, 0) is 52.3 Å². The Kier molecular flexibility index (Phi) is 6.49. The molecule has 0 spiro atoms. The van der Waals surface area contributed by atoms with Crippen LogP contribution in [0.4, 0.5) is 0 Å². The molecule has 0 radical (unpaired) electrons. The van der Waals surface area contributed by atoms with Gasteiger partial charge in [0, 0.05) is 62.2 Å². The average Bonchev–Trinajstić information content (AvgIpc) is 3.80. The molecule has 3 aromatic heterocycles. The van der Waals surface area contributed by atoms with E-state index in [0.717, 1.165) is 88.5 Å². The van der Waals surface area contributed by atoms with Gasteiger partial charge in [0.25, 0.3) is 0 Å². The van der Waals surface area contributed by atoms with E-state index in [-0.39, 0.29) is 11.8 Å². The third-order valence-electron chi connectivity index (χ3n) is 10.8. The van der Waals surface area contributed by atoms with Crippen molar-refractivity contribution in [3.05, 3.63) is 157 Å². The van der Waals surface area contributed by atoms with Crippen molar-refractivity contribution in [2.24, 2.45) is 10.9 Å². The lowest BCUT2D eigenvalue weighted by molar-refractivity contribution is 0.458. The van der Waals surface area contributed by atoms with Gasteiger partial charge < -0.3 is 8.83 Å². The quantitative estimate of drug-likeness (QED) is 0.185. The molecule has 0 N–H and O–H groups in total. The fourth-order valence-electron chi connectivity index (χ4n) is 8.28. The number of hydrogen-bond acceptors (Lipinski definition) is 6. The summed E-state index contributed by atoms with van der Waals surface area (Å²) >= 11 is 0. The highest BCUT2D eigenvalue weighted by molar-refractivity contribution is 6.13. The van der Waals surface area contributed by atoms with Crippen molar-refractivity contribution in [2.75, 3.05) is 0 Å². The molecule has 2 aliphatic rings. The first kappa shape index (κ1) is 29.8. The molecule has 0 saturated heterocycles. The molecule has 0 bridgehead atoms. The second kappa shape index (κ2) is 11.6. The minimum Gasteiger partial charge on any atom is -0.460 e. The van der Waals surface area contributed by atoms with Crippen molar-refractivity contribution < 1.29 is 8.83 Å².